The van der Waals surface area contributed by atoms with Gasteiger partial charge in [0.2, 0.25) is 0 Å². The number of nitrogens with zero attached hydrogens (tertiary/aromatic N) is 1. The Morgan fingerprint density at radius 3 is 2.37 bits per heavy atom. The van der Waals surface area contributed by atoms with E-state index in [9.17, 15) is 0 Å². The van der Waals surface area contributed by atoms with E-state index in [1.165, 1.54) is 17.7 Å². The monoisotopic (exact) mass is 262 g/mol. The molecule has 0 aliphatic heterocycles. The number of para-hydroxylation sites is 1. The Morgan fingerprint density at radius 1 is 1.11 bits per heavy atom. The van der Waals surface area contributed by atoms with E-state index in [4.69, 9.17) is 0 Å². The van der Waals surface area contributed by atoms with Crippen LogP contribution in [-0.2, 0) is 6.54 Å². The average molecular weight is 262 g/mol. The van der Waals surface area contributed by atoms with E-state index in [1.807, 2.05) is 0 Å². The summed E-state index contributed by atoms with van der Waals surface area (Å²) in [6.07, 6.45) is 1.19. The van der Waals surface area contributed by atoms with Crippen molar-refractivity contribution >= 4 is 5.69 Å². The molecule has 0 bridgehead atoms. The van der Waals surface area contributed by atoms with Gasteiger partial charge in [0.05, 0.1) is 0 Å². The van der Waals surface area contributed by atoms with Gasteiger partial charge in [0.25, 0.3) is 0 Å². The molecule has 2 nitrogen and oxygen atoms in total. The molecule has 1 aromatic carbocycles. The van der Waals surface area contributed by atoms with Crippen LogP contribution in [0.1, 0.15) is 46.6 Å². The van der Waals surface area contributed by atoms with E-state index in [2.05, 4.69) is 69.1 Å². The molecule has 0 spiro atoms. The Morgan fingerprint density at radius 2 is 1.79 bits per heavy atom. The zero-order valence-corrected chi connectivity index (χ0v) is 13.2. The SMILES string of the molecule is CCCN(c1ccccc1CNCC(C)C)C(C)C. The van der Waals surface area contributed by atoms with E-state index in [1.54, 1.807) is 0 Å². The summed E-state index contributed by atoms with van der Waals surface area (Å²) < 4.78 is 0. The van der Waals surface area contributed by atoms with Gasteiger partial charge in [0, 0.05) is 24.8 Å². The molecule has 0 amide bonds. The van der Waals surface area contributed by atoms with Crippen LogP contribution < -0.4 is 10.2 Å². The van der Waals surface area contributed by atoms with Crippen LogP contribution in [0.2, 0.25) is 0 Å². The van der Waals surface area contributed by atoms with Crippen molar-refractivity contribution in [2.45, 2.75) is 53.6 Å². The summed E-state index contributed by atoms with van der Waals surface area (Å²) in [6, 6.07) is 9.33. The lowest BCUT2D eigenvalue weighted by atomic mass is 10.1. The zero-order chi connectivity index (χ0) is 14.3. The van der Waals surface area contributed by atoms with Crippen molar-refractivity contribution in [3.63, 3.8) is 0 Å². The molecule has 0 aromatic heterocycles. The molecule has 0 fully saturated rings. The molecule has 0 unspecified atom stereocenters. The first-order chi connectivity index (χ1) is 9.06. The second-order valence-electron chi connectivity index (χ2n) is 5.94. The summed E-state index contributed by atoms with van der Waals surface area (Å²) in [5, 5.41) is 3.55. The lowest BCUT2D eigenvalue weighted by Crippen LogP contribution is -2.33. The number of hydrogen-bond acceptors (Lipinski definition) is 2. The van der Waals surface area contributed by atoms with E-state index < -0.39 is 0 Å². The Balaban J connectivity index is 2.81. The van der Waals surface area contributed by atoms with Gasteiger partial charge < -0.3 is 10.2 Å². The normalized spacial score (nSPS) is 11.3. The van der Waals surface area contributed by atoms with Crippen molar-refractivity contribution in [1.29, 1.82) is 0 Å². The van der Waals surface area contributed by atoms with E-state index in [0.717, 1.165) is 19.6 Å². The summed E-state index contributed by atoms with van der Waals surface area (Å²) in [7, 11) is 0. The van der Waals surface area contributed by atoms with Gasteiger partial charge in [0.15, 0.2) is 0 Å². The average Bonchev–Trinajstić information content (AvgIpc) is 2.36. The topological polar surface area (TPSA) is 15.3 Å². The Labute approximate surface area is 119 Å². The van der Waals surface area contributed by atoms with Gasteiger partial charge in [-0.3, -0.25) is 0 Å². The van der Waals surface area contributed by atoms with Gasteiger partial charge in [-0.25, -0.2) is 0 Å². The molecule has 1 rings (SSSR count). The van der Waals surface area contributed by atoms with Gasteiger partial charge in [-0.15, -0.1) is 0 Å². The molecular weight excluding hydrogens is 232 g/mol. The predicted molar refractivity (Wildman–Crippen MR) is 85.8 cm³/mol. The molecule has 2 heteroatoms. The summed E-state index contributed by atoms with van der Waals surface area (Å²) >= 11 is 0. The number of rotatable bonds is 8. The van der Waals surface area contributed by atoms with Gasteiger partial charge in [-0.1, -0.05) is 39.0 Å². The second kappa shape index (κ2) is 8.21. The molecule has 1 aromatic rings. The molecule has 108 valence electrons. The minimum atomic E-state index is 0.547. The van der Waals surface area contributed by atoms with E-state index in [0.29, 0.717) is 12.0 Å². The third-order valence-electron chi connectivity index (χ3n) is 3.26. The number of hydrogen-bond donors (Lipinski definition) is 1. The molecule has 1 N–H and O–H groups in total. The van der Waals surface area contributed by atoms with E-state index >= 15 is 0 Å². The van der Waals surface area contributed by atoms with Crippen molar-refractivity contribution in [2.75, 3.05) is 18.0 Å². The first-order valence-electron chi connectivity index (χ1n) is 7.61. The maximum Gasteiger partial charge on any atom is 0.0414 e. The van der Waals surface area contributed by atoms with E-state index in [-0.39, 0.29) is 0 Å². The molecular formula is C17H30N2. The van der Waals surface area contributed by atoms with Crippen molar-refractivity contribution in [1.82, 2.24) is 5.32 Å². The largest absolute Gasteiger partial charge is 0.369 e. The summed E-state index contributed by atoms with van der Waals surface area (Å²) in [6.45, 7) is 14.4. The van der Waals surface area contributed by atoms with Crippen LogP contribution in [0.5, 0.6) is 0 Å². The second-order valence-corrected chi connectivity index (χ2v) is 5.94. The van der Waals surface area contributed by atoms with Crippen LogP contribution in [0, 0.1) is 5.92 Å². The predicted octanol–water partition coefficient (Wildman–Crippen LogP) is 4.06. The highest BCUT2D eigenvalue weighted by atomic mass is 15.2. The Kier molecular flexibility index (Phi) is 6.93. The molecule has 0 saturated carbocycles. The van der Waals surface area contributed by atoms with Crippen LogP contribution in [0.4, 0.5) is 5.69 Å². The van der Waals surface area contributed by atoms with Gasteiger partial charge in [-0.2, -0.15) is 0 Å². The third kappa shape index (κ3) is 5.23. The van der Waals surface area contributed by atoms with Crippen LogP contribution in [-0.4, -0.2) is 19.1 Å². The molecule has 0 aliphatic rings. The van der Waals surface area contributed by atoms with Crippen LogP contribution >= 0.6 is 0 Å². The molecule has 0 saturated heterocycles. The summed E-state index contributed by atoms with van der Waals surface area (Å²) in [4.78, 5) is 2.51. The fraction of sp³-hybridized carbons (Fsp3) is 0.647. The zero-order valence-electron chi connectivity index (χ0n) is 13.2. The Bertz CT molecular complexity index is 358. The molecule has 0 heterocycles. The molecule has 0 radical (unpaired) electrons. The van der Waals surface area contributed by atoms with Crippen LogP contribution in [0.3, 0.4) is 0 Å². The van der Waals surface area contributed by atoms with Crippen molar-refractivity contribution in [3.05, 3.63) is 29.8 Å². The fourth-order valence-corrected chi connectivity index (χ4v) is 2.33. The van der Waals surface area contributed by atoms with Gasteiger partial charge >= 0.3 is 0 Å². The number of anilines is 1. The van der Waals surface area contributed by atoms with Crippen LogP contribution in [0.15, 0.2) is 24.3 Å². The highest BCUT2D eigenvalue weighted by molar-refractivity contribution is 5.54. The summed E-state index contributed by atoms with van der Waals surface area (Å²) in [5.41, 5.74) is 2.79. The standard InChI is InChI=1S/C17H30N2/c1-6-11-19(15(4)5)17-10-8-7-9-16(17)13-18-12-14(2)3/h7-10,14-15,18H,6,11-13H2,1-5H3. The maximum absolute atomic E-state index is 3.55. The lowest BCUT2D eigenvalue weighted by molar-refractivity contribution is 0.551. The molecule has 19 heavy (non-hydrogen) atoms. The first-order valence-corrected chi connectivity index (χ1v) is 7.61. The molecule has 0 atom stereocenters. The Hall–Kier alpha value is -1.02. The number of benzene rings is 1. The third-order valence-corrected chi connectivity index (χ3v) is 3.26. The minimum Gasteiger partial charge on any atom is -0.369 e. The van der Waals surface area contributed by atoms with Gasteiger partial charge in [-0.05, 0) is 44.4 Å². The highest BCUT2D eigenvalue weighted by Crippen LogP contribution is 2.22. The first kappa shape index (κ1) is 16.0. The minimum absolute atomic E-state index is 0.547. The fourth-order valence-electron chi connectivity index (χ4n) is 2.33. The van der Waals surface area contributed by atoms with Crippen molar-refractivity contribution in [3.8, 4) is 0 Å². The lowest BCUT2D eigenvalue weighted by Gasteiger charge is -2.31. The smallest absolute Gasteiger partial charge is 0.0414 e. The molecule has 0 aliphatic carbocycles. The number of nitrogens with one attached hydrogen (secondary N) is 1. The maximum atomic E-state index is 3.55. The summed E-state index contributed by atoms with van der Waals surface area (Å²) in [5.74, 6) is 0.698. The van der Waals surface area contributed by atoms with Crippen molar-refractivity contribution < 1.29 is 0 Å². The quantitative estimate of drug-likeness (QED) is 0.760. The highest BCUT2D eigenvalue weighted by Gasteiger charge is 2.12. The van der Waals surface area contributed by atoms with Gasteiger partial charge in [0.1, 0.15) is 0 Å². The van der Waals surface area contributed by atoms with Crippen LogP contribution in [0.25, 0.3) is 0 Å². The van der Waals surface area contributed by atoms with Crippen molar-refractivity contribution in [2.24, 2.45) is 5.92 Å².